The van der Waals surface area contributed by atoms with Gasteiger partial charge in [-0.25, -0.2) is 4.57 Å². The topological polar surface area (TPSA) is 63.6 Å². The Morgan fingerprint density at radius 2 is 1.19 bits per heavy atom. The van der Waals surface area contributed by atoms with Crippen molar-refractivity contribution in [2.45, 2.75) is 96.8 Å². The molecule has 0 amide bonds. The van der Waals surface area contributed by atoms with E-state index in [2.05, 4.69) is 11.4 Å². The van der Waals surface area contributed by atoms with Crippen LogP contribution in [0.5, 0.6) is 0 Å². The van der Waals surface area contributed by atoms with Gasteiger partial charge in [0.2, 0.25) is 0 Å². The van der Waals surface area contributed by atoms with E-state index in [1.807, 2.05) is 0 Å². The van der Waals surface area contributed by atoms with Crippen LogP contribution in [0.3, 0.4) is 0 Å². The molecule has 0 heterocycles. The first-order valence-corrected chi connectivity index (χ1v) is 9.86. The Kier molecular flexibility index (Phi) is 15.8. The van der Waals surface area contributed by atoms with Gasteiger partial charge in [0.25, 0.3) is 0 Å². The molecular formula is C16H33O4P. The lowest BCUT2D eigenvalue weighted by atomic mass is 10.0. The SMILES string of the molecule is CCCCCCCCCCCCCCCC(=O)O[PH](=O)O. The highest BCUT2D eigenvalue weighted by molar-refractivity contribution is 7.32. The third kappa shape index (κ3) is 17.6. The van der Waals surface area contributed by atoms with Gasteiger partial charge < -0.3 is 9.42 Å². The van der Waals surface area contributed by atoms with E-state index in [1.54, 1.807) is 0 Å². The van der Waals surface area contributed by atoms with Crippen molar-refractivity contribution in [1.29, 1.82) is 0 Å². The van der Waals surface area contributed by atoms with Crippen LogP contribution in [0.15, 0.2) is 0 Å². The minimum atomic E-state index is -3.10. The minimum Gasteiger partial charge on any atom is -0.394 e. The summed E-state index contributed by atoms with van der Waals surface area (Å²) in [4.78, 5) is 19.4. The Morgan fingerprint density at radius 3 is 1.57 bits per heavy atom. The van der Waals surface area contributed by atoms with Gasteiger partial charge in [0.05, 0.1) is 0 Å². The molecule has 5 heteroatoms. The van der Waals surface area contributed by atoms with Crippen LogP contribution in [0.25, 0.3) is 0 Å². The molecule has 0 saturated carbocycles. The highest BCUT2D eigenvalue weighted by atomic mass is 31.1. The van der Waals surface area contributed by atoms with Crippen molar-refractivity contribution < 1.29 is 18.8 Å². The Balaban J connectivity index is 3.09. The fraction of sp³-hybridized carbons (Fsp3) is 0.938. The highest BCUT2D eigenvalue weighted by Crippen LogP contribution is 2.17. The third-order valence-corrected chi connectivity index (χ3v) is 4.09. The Morgan fingerprint density at radius 1 is 0.810 bits per heavy atom. The molecular weight excluding hydrogens is 287 g/mol. The van der Waals surface area contributed by atoms with Gasteiger partial charge in [-0.3, -0.25) is 4.79 Å². The summed E-state index contributed by atoms with van der Waals surface area (Å²) in [6.45, 7) is 2.25. The molecule has 1 atom stereocenters. The second kappa shape index (κ2) is 16.0. The molecule has 0 aromatic rings. The molecule has 0 aromatic carbocycles. The molecule has 1 unspecified atom stereocenters. The van der Waals surface area contributed by atoms with Crippen LogP contribution in [0.1, 0.15) is 96.8 Å². The number of hydrogen-bond acceptors (Lipinski definition) is 3. The van der Waals surface area contributed by atoms with Gasteiger partial charge in [-0.15, -0.1) is 0 Å². The van der Waals surface area contributed by atoms with E-state index in [4.69, 9.17) is 4.89 Å². The zero-order valence-corrected chi connectivity index (χ0v) is 14.6. The van der Waals surface area contributed by atoms with E-state index in [9.17, 15) is 9.36 Å². The summed E-state index contributed by atoms with van der Waals surface area (Å²) >= 11 is 0. The Hall–Kier alpha value is -0.340. The summed E-state index contributed by atoms with van der Waals surface area (Å²) in [6.07, 6.45) is 16.6. The average molecular weight is 320 g/mol. The van der Waals surface area contributed by atoms with Gasteiger partial charge in [0, 0.05) is 6.42 Å². The van der Waals surface area contributed by atoms with Gasteiger partial charge >= 0.3 is 14.2 Å². The van der Waals surface area contributed by atoms with Gasteiger partial charge in [-0.2, -0.15) is 0 Å². The fourth-order valence-corrected chi connectivity index (χ4v) is 2.73. The van der Waals surface area contributed by atoms with E-state index in [0.717, 1.165) is 19.3 Å². The normalized spacial score (nSPS) is 12.3. The predicted octanol–water partition coefficient (Wildman–Crippen LogP) is 5.39. The summed E-state index contributed by atoms with van der Waals surface area (Å²) in [5.41, 5.74) is 0. The van der Waals surface area contributed by atoms with Crippen molar-refractivity contribution >= 4 is 14.2 Å². The number of rotatable bonds is 15. The fourth-order valence-electron chi connectivity index (χ4n) is 2.44. The van der Waals surface area contributed by atoms with Crippen LogP contribution in [0.4, 0.5) is 0 Å². The minimum absolute atomic E-state index is 0.259. The zero-order chi connectivity index (χ0) is 15.8. The van der Waals surface area contributed by atoms with Crippen molar-refractivity contribution in [3.05, 3.63) is 0 Å². The molecule has 0 spiro atoms. The molecule has 0 aliphatic rings. The lowest BCUT2D eigenvalue weighted by Crippen LogP contribution is -1.97. The molecule has 0 saturated heterocycles. The van der Waals surface area contributed by atoms with E-state index in [-0.39, 0.29) is 6.42 Å². The van der Waals surface area contributed by atoms with Gasteiger partial charge in [0.1, 0.15) is 0 Å². The maximum absolute atomic E-state index is 11.0. The molecule has 0 fully saturated rings. The van der Waals surface area contributed by atoms with Crippen LogP contribution >= 0.6 is 8.25 Å². The second-order valence-corrected chi connectivity index (χ2v) is 6.47. The summed E-state index contributed by atoms with van der Waals surface area (Å²) in [6, 6.07) is 0. The van der Waals surface area contributed by atoms with Crippen LogP contribution in [-0.4, -0.2) is 10.9 Å². The van der Waals surface area contributed by atoms with Crippen LogP contribution in [-0.2, 0) is 13.9 Å². The molecule has 21 heavy (non-hydrogen) atoms. The van der Waals surface area contributed by atoms with Gasteiger partial charge in [0.15, 0.2) is 0 Å². The van der Waals surface area contributed by atoms with E-state index >= 15 is 0 Å². The third-order valence-electron chi connectivity index (χ3n) is 3.69. The van der Waals surface area contributed by atoms with E-state index in [1.165, 1.54) is 64.2 Å². The summed E-state index contributed by atoms with van der Waals surface area (Å²) < 4.78 is 14.5. The highest BCUT2D eigenvalue weighted by Gasteiger charge is 2.04. The van der Waals surface area contributed by atoms with E-state index in [0.29, 0.717) is 0 Å². The lowest BCUT2D eigenvalue weighted by Gasteiger charge is -2.03. The Labute approximate surface area is 130 Å². The molecule has 0 aromatic heterocycles. The molecule has 1 N–H and O–H groups in total. The van der Waals surface area contributed by atoms with Gasteiger partial charge in [-0.05, 0) is 6.42 Å². The van der Waals surface area contributed by atoms with Crippen LogP contribution in [0, 0.1) is 0 Å². The summed E-state index contributed by atoms with van der Waals surface area (Å²) in [5.74, 6) is -0.551. The molecule has 0 bridgehead atoms. The van der Waals surface area contributed by atoms with Crippen molar-refractivity contribution in [3.8, 4) is 0 Å². The monoisotopic (exact) mass is 320 g/mol. The molecule has 0 rings (SSSR count). The first-order valence-electron chi connectivity index (χ1n) is 8.60. The van der Waals surface area contributed by atoms with Crippen molar-refractivity contribution in [1.82, 2.24) is 0 Å². The maximum atomic E-state index is 11.0. The largest absolute Gasteiger partial charge is 0.394 e. The van der Waals surface area contributed by atoms with Crippen molar-refractivity contribution in [3.63, 3.8) is 0 Å². The maximum Gasteiger partial charge on any atom is 0.367 e. The number of carbonyl (C=O) groups is 1. The van der Waals surface area contributed by atoms with Crippen LogP contribution in [0.2, 0.25) is 0 Å². The molecule has 0 aliphatic heterocycles. The second-order valence-electron chi connectivity index (χ2n) is 5.73. The lowest BCUT2D eigenvalue weighted by molar-refractivity contribution is -0.134. The van der Waals surface area contributed by atoms with Gasteiger partial charge in [-0.1, -0.05) is 84.0 Å². The predicted molar refractivity (Wildman–Crippen MR) is 87.6 cm³/mol. The number of carbonyl (C=O) groups excluding carboxylic acids is 1. The molecule has 126 valence electrons. The summed E-state index contributed by atoms with van der Waals surface area (Å²) in [7, 11) is -3.10. The van der Waals surface area contributed by atoms with Crippen LogP contribution < -0.4 is 0 Å². The number of unbranched alkanes of at least 4 members (excludes halogenated alkanes) is 12. The first kappa shape index (κ1) is 20.7. The molecule has 0 radical (unpaired) electrons. The number of hydrogen-bond donors (Lipinski definition) is 1. The average Bonchev–Trinajstić information content (AvgIpc) is 2.43. The van der Waals surface area contributed by atoms with Crippen molar-refractivity contribution in [2.24, 2.45) is 0 Å². The van der Waals surface area contributed by atoms with E-state index < -0.39 is 14.2 Å². The first-order chi connectivity index (χ1) is 10.2. The standard InChI is InChI=1S/C16H33O4P/c1-2-3-4-5-6-7-8-9-10-11-12-13-14-15-16(17)20-21(18)19/h21H,2-15H2,1H3,(H,18,19). The quantitative estimate of drug-likeness (QED) is 0.324. The molecule has 0 aliphatic carbocycles. The summed E-state index contributed by atoms with van der Waals surface area (Å²) in [5, 5.41) is 0. The molecule has 4 nitrogen and oxygen atoms in total. The zero-order valence-electron chi connectivity index (χ0n) is 13.6. The van der Waals surface area contributed by atoms with Crippen molar-refractivity contribution in [2.75, 3.05) is 0 Å². The Bertz CT molecular complexity index is 269. The smallest absolute Gasteiger partial charge is 0.367 e.